The van der Waals surface area contributed by atoms with Gasteiger partial charge in [-0.15, -0.1) is 0 Å². The van der Waals surface area contributed by atoms with Crippen LogP contribution in [0.2, 0.25) is 5.02 Å². The SMILES string of the molecule is O=C(O)c1ccc(Cl)c(N/N=C/c2ccc(O)cc2[O-])c1. The van der Waals surface area contributed by atoms with Crippen LogP contribution < -0.4 is 10.5 Å². The molecule has 0 aromatic heterocycles. The molecule has 0 radical (unpaired) electrons. The molecule has 0 amide bonds. The predicted octanol–water partition coefficient (Wildman–Crippen LogP) is 2.26. The maximum absolute atomic E-state index is 11.5. The Balaban J connectivity index is 2.17. The molecule has 0 heterocycles. The molecule has 0 saturated heterocycles. The van der Waals surface area contributed by atoms with Crippen LogP contribution in [-0.4, -0.2) is 22.4 Å². The molecule has 0 unspecified atom stereocenters. The third-order valence-electron chi connectivity index (χ3n) is 2.60. The fourth-order valence-corrected chi connectivity index (χ4v) is 1.70. The van der Waals surface area contributed by atoms with Gasteiger partial charge in [0.1, 0.15) is 5.75 Å². The third kappa shape index (κ3) is 3.64. The Kier molecular flexibility index (Phi) is 4.30. The molecule has 6 nitrogen and oxygen atoms in total. The number of carboxylic acid groups (broad SMARTS) is 1. The Labute approximate surface area is 124 Å². The lowest BCUT2D eigenvalue weighted by molar-refractivity contribution is -0.268. The number of hydrogen-bond donors (Lipinski definition) is 3. The number of aromatic carboxylic acids is 1. The van der Waals surface area contributed by atoms with Gasteiger partial charge in [0, 0.05) is 0 Å². The van der Waals surface area contributed by atoms with Crippen molar-refractivity contribution in [3.8, 4) is 11.5 Å². The van der Waals surface area contributed by atoms with Gasteiger partial charge in [-0.1, -0.05) is 23.4 Å². The quantitative estimate of drug-likeness (QED) is 0.593. The molecule has 0 saturated carbocycles. The van der Waals surface area contributed by atoms with Crippen molar-refractivity contribution >= 4 is 29.5 Å². The molecule has 21 heavy (non-hydrogen) atoms. The number of hydrogen-bond acceptors (Lipinski definition) is 5. The maximum atomic E-state index is 11.5. The molecule has 0 aliphatic rings. The van der Waals surface area contributed by atoms with Gasteiger partial charge in [-0.2, -0.15) is 5.10 Å². The number of nitrogens with zero attached hydrogens (tertiary/aromatic N) is 1. The molecule has 7 heteroatoms. The molecule has 0 spiro atoms. The second kappa shape index (κ2) is 6.15. The first-order valence-electron chi connectivity index (χ1n) is 5.79. The Morgan fingerprint density at radius 2 is 2.05 bits per heavy atom. The van der Waals surface area contributed by atoms with Gasteiger partial charge in [0.25, 0.3) is 0 Å². The molecule has 108 valence electrons. The predicted molar refractivity (Wildman–Crippen MR) is 77.2 cm³/mol. The number of aromatic hydroxyl groups is 1. The van der Waals surface area contributed by atoms with Crippen molar-refractivity contribution in [3.63, 3.8) is 0 Å². The van der Waals surface area contributed by atoms with Crippen molar-refractivity contribution in [1.82, 2.24) is 0 Å². The summed E-state index contributed by atoms with van der Waals surface area (Å²) in [6.07, 6.45) is 1.26. The minimum Gasteiger partial charge on any atom is -0.872 e. The molecule has 2 aromatic rings. The van der Waals surface area contributed by atoms with Crippen LogP contribution in [-0.2, 0) is 0 Å². The van der Waals surface area contributed by atoms with Crippen LogP contribution in [0.4, 0.5) is 5.69 Å². The average Bonchev–Trinajstić information content (AvgIpc) is 2.43. The number of carboxylic acids is 1. The summed E-state index contributed by atoms with van der Waals surface area (Å²) >= 11 is 5.91. The van der Waals surface area contributed by atoms with Crippen molar-refractivity contribution in [2.24, 2.45) is 5.10 Å². The van der Waals surface area contributed by atoms with E-state index in [-0.39, 0.29) is 22.6 Å². The van der Waals surface area contributed by atoms with Crippen LogP contribution in [0.25, 0.3) is 0 Å². The molecular weight excluding hydrogens is 296 g/mol. The zero-order valence-electron chi connectivity index (χ0n) is 10.6. The van der Waals surface area contributed by atoms with E-state index < -0.39 is 5.97 Å². The molecule has 0 fully saturated rings. The third-order valence-corrected chi connectivity index (χ3v) is 2.93. The lowest BCUT2D eigenvalue weighted by Crippen LogP contribution is -2.00. The number of benzene rings is 2. The maximum Gasteiger partial charge on any atom is 0.335 e. The number of hydrazone groups is 1. The number of phenolic OH excluding ortho intramolecular Hbond substituents is 1. The van der Waals surface area contributed by atoms with Gasteiger partial charge in [0.15, 0.2) is 0 Å². The average molecular weight is 306 g/mol. The minimum atomic E-state index is -1.08. The zero-order valence-corrected chi connectivity index (χ0v) is 11.3. The normalized spacial score (nSPS) is 10.7. The van der Waals surface area contributed by atoms with Crippen LogP contribution in [0.5, 0.6) is 11.5 Å². The van der Waals surface area contributed by atoms with E-state index in [2.05, 4.69) is 10.5 Å². The topological polar surface area (TPSA) is 105 Å². The summed E-state index contributed by atoms with van der Waals surface area (Å²) in [6, 6.07) is 7.98. The first-order chi connectivity index (χ1) is 9.97. The van der Waals surface area contributed by atoms with Crippen LogP contribution in [0, 0.1) is 0 Å². The zero-order chi connectivity index (χ0) is 15.4. The Morgan fingerprint density at radius 3 is 2.71 bits per heavy atom. The number of rotatable bonds is 4. The Morgan fingerprint density at radius 1 is 1.29 bits per heavy atom. The smallest absolute Gasteiger partial charge is 0.335 e. The highest BCUT2D eigenvalue weighted by atomic mass is 35.5. The van der Waals surface area contributed by atoms with Gasteiger partial charge >= 0.3 is 5.97 Å². The van der Waals surface area contributed by atoms with Gasteiger partial charge < -0.3 is 15.3 Å². The monoisotopic (exact) mass is 305 g/mol. The molecule has 2 aromatic carbocycles. The van der Waals surface area contributed by atoms with Crippen LogP contribution in [0.15, 0.2) is 41.5 Å². The highest BCUT2D eigenvalue weighted by molar-refractivity contribution is 6.33. The van der Waals surface area contributed by atoms with E-state index in [0.717, 1.165) is 6.07 Å². The molecule has 0 bridgehead atoms. The largest absolute Gasteiger partial charge is 0.872 e. The number of nitrogens with one attached hydrogen (secondary N) is 1. The minimum absolute atomic E-state index is 0.0613. The second-order valence-corrected chi connectivity index (χ2v) is 4.50. The summed E-state index contributed by atoms with van der Waals surface area (Å²) in [6.45, 7) is 0. The standard InChI is InChI=1S/C14H11ClN2O4/c15-11-4-2-8(14(20)21)5-12(11)17-16-7-9-1-3-10(18)6-13(9)19/h1-7,17-19H,(H,20,21)/p-1/b16-7+. The highest BCUT2D eigenvalue weighted by Gasteiger charge is 2.06. The van der Waals surface area contributed by atoms with E-state index >= 15 is 0 Å². The molecule has 2 rings (SSSR count). The Bertz CT molecular complexity index is 716. The number of anilines is 1. The van der Waals surface area contributed by atoms with Crippen molar-refractivity contribution in [2.45, 2.75) is 0 Å². The summed E-state index contributed by atoms with van der Waals surface area (Å²) in [5.74, 6) is -1.59. The first kappa shape index (κ1) is 14.7. The van der Waals surface area contributed by atoms with Crippen LogP contribution >= 0.6 is 11.6 Å². The second-order valence-electron chi connectivity index (χ2n) is 4.09. The summed E-state index contributed by atoms with van der Waals surface area (Å²) in [4.78, 5) is 10.9. The van der Waals surface area contributed by atoms with Crippen LogP contribution in [0.1, 0.15) is 15.9 Å². The lowest BCUT2D eigenvalue weighted by Gasteiger charge is -2.10. The van der Waals surface area contributed by atoms with E-state index in [1.165, 1.54) is 36.5 Å². The molecule has 3 N–H and O–H groups in total. The van der Waals surface area contributed by atoms with Crippen molar-refractivity contribution in [1.29, 1.82) is 0 Å². The molecule has 0 aliphatic heterocycles. The van der Waals surface area contributed by atoms with Crippen molar-refractivity contribution in [2.75, 3.05) is 5.43 Å². The molecule has 0 aliphatic carbocycles. The summed E-state index contributed by atoms with van der Waals surface area (Å²) in [5.41, 5.74) is 3.21. The summed E-state index contributed by atoms with van der Waals surface area (Å²) < 4.78 is 0. The van der Waals surface area contributed by atoms with Gasteiger partial charge in [-0.05, 0) is 35.9 Å². The lowest BCUT2D eigenvalue weighted by atomic mass is 10.2. The van der Waals surface area contributed by atoms with Gasteiger partial charge in [0.2, 0.25) is 0 Å². The first-order valence-corrected chi connectivity index (χ1v) is 6.17. The van der Waals surface area contributed by atoms with E-state index in [4.69, 9.17) is 21.8 Å². The van der Waals surface area contributed by atoms with Gasteiger partial charge in [-0.3, -0.25) is 5.43 Å². The Hall–Kier alpha value is -2.73. The van der Waals surface area contributed by atoms with Crippen molar-refractivity contribution in [3.05, 3.63) is 52.5 Å². The summed E-state index contributed by atoms with van der Waals surface area (Å²) in [7, 11) is 0. The fourth-order valence-electron chi connectivity index (χ4n) is 1.55. The van der Waals surface area contributed by atoms with E-state index in [0.29, 0.717) is 10.7 Å². The van der Waals surface area contributed by atoms with E-state index in [1.54, 1.807) is 0 Å². The molecular formula is C14H10ClN2O4-. The highest BCUT2D eigenvalue weighted by Crippen LogP contribution is 2.23. The van der Waals surface area contributed by atoms with Gasteiger partial charge in [-0.25, -0.2) is 4.79 Å². The number of halogens is 1. The van der Waals surface area contributed by atoms with Crippen LogP contribution in [0.3, 0.4) is 0 Å². The number of carbonyl (C=O) groups is 1. The number of phenols is 1. The summed E-state index contributed by atoms with van der Waals surface area (Å²) in [5, 5.41) is 33.7. The van der Waals surface area contributed by atoms with E-state index in [1.807, 2.05) is 0 Å². The van der Waals surface area contributed by atoms with E-state index in [9.17, 15) is 9.90 Å². The fraction of sp³-hybridized carbons (Fsp3) is 0. The molecule has 0 atom stereocenters. The van der Waals surface area contributed by atoms with Gasteiger partial charge in [0.05, 0.1) is 22.5 Å². The van der Waals surface area contributed by atoms with Crippen molar-refractivity contribution < 1.29 is 20.1 Å².